The molecule has 4 nitrogen and oxygen atoms in total. The summed E-state index contributed by atoms with van der Waals surface area (Å²) in [6.07, 6.45) is 1.86. The second-order valence-corrected chi connectivity index (χ2v) is 6.14. The van der Waals surface area contributed by atoms with E-state index in [0.717, 1.165) is 15.7 Å². The van der Waals surface area contributed by atoms with Gasteiger partial charge in [-0.05, 0) is 43.9 Å². The number of carbonyl (C=O) groups is 2. The van der Waals surface area contributed by atoms with Crippen molar-refractivity contribution in [2.45, 2.75) is 19.1 Å². The first-order valence-electron chi connectivity index (χ1n) is 5.80. The van der Waals surface area contributed by atoms with Gasteiger partial charge in [-0.1, -0.05) is 15.9 Å². The molecule has 0 aromatic heterocycles. The van der Waals surface area contributed by atoms with Gasteiger partial charge in [-0.2, -0.15) is 11.8 Å². The molecular weight excluding hydrogens is 328 g/mol. The van der Waals surface area contributed by atoms with E-state index >= 15 is 0 Å². The predicted molar refractivity (Wildman–Crippen MR) is 83.5 cm³/mol. The maximum atomic E-state index is 11.7. The summed E-state index contributed by atoms with van der Waals surface area (Å²) in [6.45, 7) is 3.73. The molecule has 0 aliphatic rings. The number of hydrogen-bond donors (Lipinski definition) is 2. The summed E-state index contributed by atoms with van der Waals surface area (Å²) in [5, 5.41) is 5.19. The summed E-state index contributed by atoms with van der Waals surface area (Å²) in [7, 11) is 0. The molecule has 0 aliphatic carbocycles. The maximum absolute atomic E-state index is 11.7. The number of amides is 2. The van der Waals surface area contributed by atoms with Gasteiger partial charge in [0.05, 0.1) is 11.8 Å². The normalized spacial score (nSPS) is 11.8. The van der Waals surface area contributed by atoms with Crippen LogP contribution in [0.15, 0.2) is 22.7 Å². The maximum Gasteiger partial charge on any atom is 0.243 e. The molecule has 1 unspecified atom stereocenters. The van der Waals surface area contributed by atoms with Gasteiger partial charge in [0.25, 0.3) is 0 Å². The van der Waals surface area contributed by atoms with Crippen molar-refractivity contribution in [2.75, 3.05) is 18.1 Å². The number of thioether (sulfide) groups is 1. The first-order chi connectivity index (χ1) is 8.93. The average Bonchev–Trinajstić information content (AvgIpc) is 2.39. The summed E-state index contributed by atoms with van der Waals surface area (Å²) in [6, 6.07) is 5.55. The fourth-order valence-electron chi connectivity index (χ4n) is 1.35. The predicted octanol–water partition coefficient (Wildman–Crippen LogP) is 2.56. The smallest absolute Gasteiger partial charge is 0.243 e. The molecule has 0 aliphatic heterocycles. The Morgan fingerprint density at radius 2 is 2.11 bits per heavy atom. The summed E-state index contributed by atoms with van der Waals surface area (Å²) in [5.74, 6) is -0.363. The zero-order valence-corrected chi connectivity index (χ0v) is 13.5. The Kier molecular flexibility index (Phi) is 6.37. The third kappa shape index (κ3) is 5.24. The molecule has 19 heavy (non-hydrogen) atoms. The number of carbonyl (C=O) groups excluding carboxylic acids is 2. The topological polar surface area (TPSA) is 58.2 Å². The van der Waals surface area contributed by atoms with Gasteiger partial charge in [0, 0.05) is 10.2 Å². The number of halogens is 1. The van der Waals surface area contributed by atoms with Crippen molar-refractivity contribution in [1.82, 2.24) is 5.32 Å². The first-order valence-corrected chi connectivity index (χ1v) is 7.88. The second kappa shape index (κ2) is 7.55. The Hall–Kier alpha value is -1.01. The largest absolute Gasteiger partial charge is 0.346 e. The molecule has 1 aromatic carbocycles. The van der Waals surface area contributed by atoms with E-state index < -0.39 is 0 Å². The number of benzene rings is 1. The number of hydrogen-bond acceptors (Lipinski definition) is 3. The zero-order chi connectivity index (χ0) is 14.4. The molecule has 6 heteroatoms. The van der Waals surface area contributed by atoms with E-state index in [1.54, 1.807) is 13.0 Å². The monoisotopic (exact) mass is 344 g/mol. The second-order valence-electron chi connectivity index (χ2n) is 4.11. The van der Waals surface area contributed by atoms with Gasteiger partial charge in [-0.15, -0.1) is 0 Å². The van der Waals surface area contributed by atoms with Crippen LogP contribution in [0.1, 0.15) is 12.5 Å². The Balaban J connectivity index is 2.47. The summed E-state index contributed by atoms with van der Waals surface area (Å²) < 4.78 is 0.993. The lowest BCUT2D eigenvalue weighted by Gasteiger charge is -2.10. The minimum absolute atomic E-state index is 0.0150. The molecule has 2 amide bonds. The fraction of sp³-hybridized carbons (Fsp3) is 0.385. The molecule has 1 atom stereocenters. The van der Waals surface area contributed by atoms with Crippen LogP contribution in [0.5, 0.6) is 0 Å². The van der Waals surface area contributed by atoms with Crippen molar-refractivity contribution in [3.8, 4) is 0 Å². The summed E-state index contributed by atoms with van der Waals surface area (Å²) in [5.41, 5.74) is 1.76. The van der Waals surface area contributed by atoms with Crippen LogP contribution in [0.4, 0.5) is 5.69 Å². The molecule has 0 bridgehead atoms. The van der Waals surface area contributed by atoms with Gasteiger partial charge in [0.1, 0.15) is 0 Å². The van der Waals surface area contributed by atoms with Crippen LogP contribution in [0.2, 0.25) is 0 Å². The van der Waals surface area contributed by atoms with E-state index in [1.165, 1.54) is 11.8 Å². The molecular formula is C13H17BrN2O2S. The zero-order valence-electron chi connectivity index (χ0n) is 11.1. The highest BCUT2D eigenvalue weighted by Gasteiger charge is 2.12. The SMILES string of the molecule is CSC(C)C(=O)NCC(=O)Nc1ccc(Br)c(C)c1. The van der Waals surface area contributed by atoms with Crippen molar-refractivity contribution in [1.29, 1.82) is 0 Å². The van der Waals surface area contributed by atoms with E-state index in [0.29, 0.717) is 0 Å². The van der Waals surface area contributed by atoms with Crippen LogP contribution in [-0.4, -0.2) is 29.9 Å². The standard InChI is InChI=1S/C13H17BrN2O2S/c1-8-6-10(4-5-11(8)14)16-12(17)7-15-13(18)9(2)19-3/h4-6,9H,7H2,1-3H3,(H,15,18)(H,16,17). The van der Waals surface area contributed by atoms with Crippen LogP contribution in [0.3, 0.4) is 0 Å². The van der Waals surface area contributed by atoms with Crippen molar-refractivity contribution in [3.05, 3.63) is 28.2 Å². The molecule has 0 heterocycles. The van der Waals surface area contributed by atoms with E-state index in [-0.39, 0.29) is 23.6 Å². The Bertz CT molecular complexity index is 480. The van der Waals surface area contributed by atoms with Crippen LogP contribution < -0.4 is 10.6 Å². The lowest BCUT2D eigenvalue weighted by molar-refractivity contribution is -0.123. The van der Waals surface area contributed by atoms with Crippen LogP contribution in [0.25, 0.3) is 0 Å². The quantitative estimate of drug-likeness (QED) is 0.862. The molecule has 0 saturated heterocycles. The van der Waals surface area contributed by atoms with Gasteiger partial charge >= 0.3 is 0 Å². The molecule has 2 N–H and O–H groups in total. The van der Waals surface area contributed by atoms with Gasteiger partial charge in [-0.25, -0.2) is 0 Å². The van der Waals surface area contributed by atoms with Gasteiger partial charge in [-0.3, -0.25) is 9.59 Å². The van der Waals surface area contributed by atoms with E-state index in [4.69, 9.17) is 0 Å². The third-order valence-electron chi connectivity index (χ3n) is 2.59. The average molecular weight is 345 g/mol. The minimum Gasteiger partial charge on any atom is -0.346 e. The lowest BCUT2D eigenvalue weighted by Crippen LogP contribution is -2.37. The Morgan fingerprint density at radius 1 is 1.42 bits per heavy atom. The minimum atomic E-state index is -0.233. The molecule has 0 saturated carbocycles. The van der Waals surface area contributed by atoms with Gasteiger partial charge in [0.15, 0.2) is 0 Å². The van der Waals surface area contributed by atoms with Crippen molar-refractivity contribution in [2.24, 2.45) is 0 Å². The molecule has 0 spiro atoms. The van der Waals surface area contributed by atoms with Crippen molar-refractivity contribution in [3.63, 3.8) is 0 Å². The number of nitrogens with one attached hydrogen (secondary N) is 2. The van der Waals surface area contributed by atoms with Crippen LogP contribution >= 0.6 is 27.7 Å². The van der Waals surface area contributed by atoms with E-state index in [1.807, 2.05) is 25.3 Å². The van der Waals surface area contributed by atoms with E-state index in [9.17, 15) is 9.59 Å². The van der Waals surface area contributed by atoms with E-state index in [2.05, 4.69) is 26.6 Å². The van der Waals surface area contributed by atoms with Gasteiger partial charge < -0.3 is 10.6 Å². The van der Waals surface area contributed by atoms with Crippen LogP contribution in [-0.2, 0) is 9.59 Å². The Labute approximate surface area is 125 Å². The highest BCUT2D eigenvalue weighted by Crippen LogP contribution is 2.19. The molecule has 0 radical (unpaired) electrons. The molecule has 0 fully saturated rings. The summed E-state index contributed by atoms with van der Waals surface area (Å²) in [4.78, 5) is 23.2. The van der Waals surface area contributed by atoms with Crippen LogP contribution in [0, 0.1) is 6.92 Å². The molecule has 1 aromatic rings. The lowest BCUT2D eigenvalue weighted by atomic mass is 10.2. The van der Waals surface area contributed by atoms with Gasteiger partial charge in [0.2, 0.25) is 11.8 Å². The third-order valence-corrected chi connectivity index (χ3v) is 4.40. The number of anilines is 1. The first kappa shape index (κ1) is 16.0. The summed E-state index contributed by atoms with van der Waals surface area (Å²) >= 11 is 4.84. The van der Waals surface area contributed by atoms with Crippen molar-refractivity contribution < 1.29 is 9.59 Å². The molecule has 1 rings (SSSR count). The van der Waals surface area contributed by atoms with Crippen molar-refractivity contribution >= 4 is 45.2 Å². The molecule has 104 valence electrons. The Morgan fingerprint density at radius 3 is 2.68 bits per heavy atom. The highest BCUT2D eigenvalue weighted by atomic mass is 79.9. The fourth-order valence-corrected chi connectivity index (χ4v) is 1.89. The number of rotatable bonds is 5. The number of aryl methyl sites for hydroxylation is 1. The highest BCUT2D eigenvalue weighted by molar-refractivity contribution is 9.10.